The molecular formula is C14H10N4O2. The maximum absolute atomic E-state index is 10.7. The van der Waals surface area contributed by atoms with Gasteiger partial charge in [-0.2, -0.15) is 5.10 Å². The molecule has 3 rings (SSSR count). The SMILES string of the molecule is O=[N+]([O-])c1ccc(-n2nccc2-c2ccncc2)cc1. The lowest BCUT2D eigenvalue weighted by molar-refractivity contribution is -0.384. The highest BCUT2D eigenvalue weighted by atomic mass is 16.6. The number of benzene rings is 1. The number of nitrogens with zero attached hydrogens (tertiary/aromatic N) is 4. The van der Waals surface area contributed by atoms with Crippen molar-refractivity contribution in [3.8, 4) is 16.9 Å². The second kappa shape index (κ2) is 4.93. The molecule has 3 aromatic rings. The molecule has 0 aliphatic heterocycles. The fraction of sp³-hybridized carbons (Fsp3) is 0. The van der Waals surface area contributed by atoms with Gasteiger partial charge in [-0.15, -0.1) is 0 Å². The minimum absolute atomic E-state index is 0.0615. The van der Waals surface area contributed by atoms with Crippen molar-refractivity contribution in [1.29, 1.82) is 0 Å². The van der Waals surface area contributed by atoms with Gasteiger partial charge in [0.25, 0.3) is 5.69 Å². The Morgan fingerprint density at radius 3 is 2.30 bits per heavy atom. The van der Waals surface area contributed by atoms with E-state index in [-0.39, 0.29) is 5.69 Å². The highest BCUT2D eigenvalue weighted by Gasteiger charge is 2.09. The lowest BCUT2D eigenvalue weighted by Crippen LogP contribution is -1.99. The summed E-state index contributed by atoms with van der Waals surface area (Å²) in [5.41, 5.74) is 2.72. The van der Waals surface area contributed by atoms with E-state index in [4.69, 9.17) is 0 Å². The molecule has 20 heavy (non-hydrogen) atoms. The van der Waals surface area contributed by atoms with Crippen molar-refractivity contribution in [3.63, 3.8) is 0 Å². The molecule has 98 valence electrons. The van der Waals surface area contributed by atoms with E-state index in [9.17, 15) is 10.1 Å². The molecule has 0 saturated heterocycles. The molecule has 0 spiro atoms. The van der Waals surface area contributed by atoms with E-state index in [1.807, 2.05) is 18.2 Å². The Labute approximate surface area is 114 Å². The summed E-state index contributed by atoms with van der Waals surface area (Å²) >= 11 is 0. The van der Waals surface area contributed by atoms with Crippen molar-refractivity contribution < 1.29 is 4.92 Å². The molecule has 0 saturated carbocycles. The van der Waals surface area contributed by atoms with Crippen molar-refractivity contribution >= 4 is 5.69 Å². The predicted molar refractivity (Wildman–Crippen MR) is 73.4 cm³/mol. The van der Waals surface area contributed by atoms with Gasteiger partial charge >= 0.3 is 0 Å². The molecule has 0 atom stereocenters. The van der Waals surface area contributed by atoms with E-state index in [0.29, 0.717) is 0 Å². The first-order valence-corrected chi connectivity index (χ1v) is 5.95. The Balaban J connectivity index is 2.04. The van der Waals surface area contributed by atoms with Crippen LogP contribution < -0.4 is 0 Å². The lowest BCUT2D eigenvalue weighted by Gasteiger charge is -2.07. The van der Waals surface area contributed by atoms with Gasteiger partial charge in [-0.3, -0.25) is 15.1 Å². The third-order valence-corrected chi connectivity index (χ3v) is 2.92. The lowest BCUT2D eigenvalue weighted by atomic mass is 10.2. The van der Waals surface area contributed by atoms with Crippen LogP contribution in [0.1, 0.15) is 0 Å². The fourth-order valence-electron chi connectivity index (χ4n) is 1.97. The molecule has 0 aliphatic carbocycles. The van der Waals surface area contributed by atoms with Crippen LogP contribution in [-0.2, 0) is 0 Å². The summed E-state index contributed by atoms with van der Waals surface area (Å²) in [5, 5.41) is 14.9. The molecule has 0 radical (unpaired) electrons. The smallest absolute Gasteiger partial charge is 0.265 e. The van der Waals surface area contributed by atoms with Gasteiger partial charge in [-0.05, 0) is 30.3 Å². The highest BCUT2D eigenvalue weighted by molar-refractivity contribution is 5.61. The number of rotatable bonds is 3. The summed E-state index contributed by atoms with van der Waals surface area (Å²) in [5.74, 6) is 0. The first kappa shape index (κ1) is 12.0. The Bertz CT molecular complexity index is 735. The predicted octanol–water partition coefficient (Wildman–Crippen LogP) is 2.84. The van der Waals surface area contributed by atoms with Gasteiger partial charge in [-0.25, -0.2) is 4.68 Å². The highest BCUT2D eigenvalue weighted by Crippen LogP contribution is 2.22. The average molecular weight is 266 g/mol. The van der Waals surface area contributed by atoms with Crippen LogP contribution in [0, 0.1) is 10.1 Å². The van der Waals surface area contributed by atoms with E-state index >= 15 is 0 Å². The monoisotopic (exact) mass is 266 g/mol. The van der Waals surface area contributed by atoms with Gasteiger partial charge < -0.3 is 0 Å². The molecule has 0 N–H and O–H groups in total. The van der Waals surface area contributed by atoms with E-state index in [2.05, 4.69) is 10.1 Å². The maximum atomic E-state index is 10.7. The second-order valence-electron chi connectivity index (χ2n) is 4.14. The first-order chi connectivity index (χ1) is 9.75. The summed E-state index contributed by atoms with van der Waals surface area (Å²) in [6, 6.07) is 11.9. The Morgan fingerprint density at radius 2 is 1.65 bits per heavy atom. The van der Waals surface area contributed by atoms with E-state index < -0.39 is 4.92 Å². The number of hydrogen-bond acceptors (Lipinski definition) is 4. The van der Waals surface area contributed by atoms with Crippen LogP contribution in [0.15, 0.2) is 61.1 Å². The third-order valence-electron chi connectivity index (χ3n) is 2.92. The third kappa shape index (κ3) is 2.14. The topological polar surface area (TPSA) is 73.8 Å². The van der Waals surface area contributed by atoms with Crippen LogP contribution in [0.2, 0.25) is 0 Å². The van der Waals surface area contributed by atoms with Gasteiger partial charge in [0.1, 0.15) is 0 Å². The Hall–Kier alpha value is -3.02. The zero-order valence-corrected chi connectivity index (χ0v) is 10.4. The molecule has 2 heterocycles. The van der Waals surface area contributed by atoms with Crippen LogP contribution in [-0.4, -0.2) is 19.7 Å². The molecule has 6 nitrogen and oxygen atoms in total. The van der Waals surface area contributed by atoms with E-state index in [1.54, 1.807) is 35.4 Å². The first-order valence-electron chi connectivity index (χ1n) is 5.95. The molecule has 0 fully saturated rings. The fourth-order valence-corrected chi connectivity index (χ4v) is 1.97. The molecule has 1 aromatic carbocycles. The zero-order chi connectivity index (χ0) is 13.9. The molecule has 2 aromatic heterocycles. The quantitative estimate of drug-likeness (QED) is 0.539. The van der Waals surface area contributed by atoms with Gasteiger partial charge in [0.2, 0.25) is 0 Å². The number of non-ortho nitro benzene ring substituents is 1. The van der Waals surface area contributed by atoms with E-state index in [1.165, 1.54) is 12.1 Å². The van der Waals surface area contributed by atoms with Crippen LogP contribution >= 0.6 is 0 Å². The van der Waals surface area contributed by atoms with Crippen LogP contribution in [0.5, 0.6) is 0 Å². The summed E-state index contributed by atoms with van der Waals surface area (Å²) in [6.07, 6.45) is 5.11. The average Bonchev–Trinajstić information content (AvgIpc) is 2.97. The zero-order valence-electron chi connectivity index (χ0n) is 10.4. The largest absolute Gasteiger partial charge is 0.269 e. The summed E-state index contributed by atoms with van der Waals surface area (Å²) < 4.78 is 1.74. The van der Waals surface area contributed by atoms with Gasteiger partial charge in [0.15, 0.2) is 0 Å². The summed E-state index contributed by atoms with van der Waals surface area (Å²) in [6.45, 7) is 0. The van der Waals surface area contributed by atoms with Gasteiger partial charge in [0.05, 0.1) is 22.5 Å². The number of pyridine rings is 1. The molecule has 6 heteroatoms. The maximum Gasteiger partial charge on any atom is 0.269 e. The van der Waals surface area contributed by atoms with Crippen molar-refractivity contribution in [2.75, 3.05) is 0 Å². The van der Waals surface area contributed by atoms with Crippen LogP contribution in [0.3, 0.4) is 0 Å². The molecule has 0 aliphatic rings. The van der Waals surface area contributed by atoms with Crippen molar-refractivity contribution in [3.05, 3.63) is 71.2 Å². The van der Waals surface area contributed by atoms with Crippen molar-refractivity contribution in [2.45, 2.75) is 0 Å². The van der Waals surface area contributed by atoms with E-state index in [0.717, 1.165) is 16.9 Å². The summed E-state index contributed by atoms with van der Waals surface area (Å²) in [7, 11) is 0. The van der Waals surface area contributed by atoms with Gasteiger partial charge in [-0.1, -0.05) is 0 Å². The normalized spacial score (nSPS) is 10.4. The second-order valence-corrected chi connectivity index (χ2v) is 4.14. The minimum Gasteiger partial charge on any atom is -0.265 e. The molecule has 0 amide bonds. The minimum atomic E-state index is -0.420. The van der Waals surface area contributed by atoms with Gasteiger partial charge in [0, 0.05) is 30.1 Å². The molecule has 0 bridgehead atoms. The van der Waals surface area contributed by atoms with Crippen LogP contribution in [0.25, 0.3) is 16.9 Å². The number of aromatic nitrogens is 3. The van der Waals surface area contributed by atoms with Crippen LogP contribution in [0.4, 0.5) is 5.69 Å². The van der Waals surface area contributed by atoms with Crippen molar-refractivity contribution in [2.24, 2.45) is 0 Å². The Kier molecular flexibility index (Phi) is 2.96. The molecular weight excluding hydrogens is 256 g/mol. The Morgan fingerprint density at radius 1 is 0.950 bits per heavy atom. The van der Waals surface area contributed by atoms with Crippen molar-refractivity contribution in [1.82, 2.24) is 14.8 Å². The summed E-state index contributed by atoms with van der Waals surface area (Å²) in [4.78, 5) is 14.2. The standard InChI is InChI=1S/C14H10N4O2/c19-18(20)13-3-1-12(2-4-13)17-14(7-10-16-17)11-5-8-15-9-6-11/h1-10H. The molecule has 0 unspecified atom stereocenters. The number of hydrogen-bond donors (Lipinski definition) is 0. The number of nitro groups is 1. The number of nitro benzene ring substituents is 1.